The second-order valence-corrected chi connectivity index (χ2v) is 18.0. The lowest BCUT2D eigenvalue weighted by Gasteiger charge is -2.49. The highest BCUT2D eigenvalue weighted by Gasteiger charge is 2.54. The van der Waals surface area contributed by atoms with Crippen LogP contribution in [0.5, 0.6) is 0 Å². The molecule has 0 radical (unpaired) electrons. The molecule has 0 aromatic heterocycles. The predicted octanol–water partition coefficient (Wildman–Crippen LogP) is 10.2. The topological polar surface area (TPSA) is 113 Å². The van der Waals surface area contributed by atoms with Crippen molar-refractivity contribution in [3.05, 3.63) is 251 Å². The minimum atomic E-state index is -1.18. The van der Waals surface area contributed by atoms with Gasteiger partial charge in [0.2, 0.25) is 0 Å². The van der Waals surface area contributed by atoms with Crippen LogP contribution in [0.2, 0.25) is 0 Å². The number of benzene rings is 7. The zero-order valence-corrected chi connectivity index (χ0v) is 40.4. The van der Waals surface area contributed by atoms with Gasteiger partial charge in [-0.15, -0.1) is 0 Å². The summed E-state index contributed by atoms with van der Waals surface area (Å²) in [5.74, 6) is 0. The molecule has 2 aliphatic rings. The van der Waals surface area contributed by atoms with E-state index in [1.165, 1.54) is 0 Å². The molecule has 10 atom stereocenters. The molecule has 374 valence electrons. The Morgan fingerprint density at radius 1 is 0.292 bits per heavy atom. The average molecular weight is 973 g/mol. The SMILES string of the molecule is OC1C(COCc2ccccc2)OC(OC2C(COCc3ccccc3)OC(OCc3ccccc3)C(OCc3ccccc3)C2OCc2ccccc2)C(OCc2ccccc2)C1OCc1ccccc1. The number of hydrogen-bond acceptors (Lipinski definition) is 11. The molecule has 0 aliphatic carbocycles. The maximum atomic E-state index is 12.4. The number of rotatable bonds is 25. The summed E-state index contributed by atoms with van der Waals surface area (Å²) < 4.78 is 68.6. The number of hydrogen-bond donors (Lipinski definition) is 1. The van der Waals surface area contributed by atoms with E-state index in [0.29, 0.717) is 13.2 Å². The molecule has 0 saturated carbocycles. The van der Waals surface area contributed by atoms with Gasteiger partial charge in [-0.2, -0.15) is 0 Å². The summed E-state index contributed by atoms with van der Waals surface area (Å²) in [6.45, 7) is 1.81. The zero-order valence-electron chi connectivity index (χ0n) is 40.4. The van der Waals surface area contributed by atoms with Gasteiger partial charge in [0.15, 0.2) is 12.6 Å². The molecule has 2 aliphatic heterocycles. The summed E-state index contributed by atoms with van der Waals surface area (Å²) in [5.41, 5.74) is 6.72. The highest BCUT2D eigenvalue weighted by Crippen LogP contribution is 2.36. The van der Waals surface area contributed by atoms with Crippen LogP contribution in [0.3, 0.4) is 0 Å². The van der Waals surface area contributed by atoms with E-state index < -0.39 is 61.4 Å². The van der Waals surface area contributed by atoms with E-state index in [-0.39, 0.29) is 46.2 Å². The van der Waals surface area contributed by atoms with Gasteiger partial charge in [-0.1, -0.05) is 212 Å². The van der Waals surface area contributed by atoms with Gasteiger partial charge in [-0.05, 0) is 38.9 Å². The minimum absolute atomic E-state index is 0.0312. The number of ether oxygens (including phenoxy) is 10. The maximum Gasteiger partial charge on any atom is 0.187 e. The zero-order chi connectivity index (χ0) is 49.0. The van der Waals surface area contributed by atoms with Crippen molar-refractivity contribution in [2.75, 3.05) is 13.2 Å². The third kappa shape index (κ3) is 14.8. The molecule has 1 N–H and O–H groups in total. The van der Waals surface area contributed by atoms with Gasteiger partial charge in [0.1, 0.15) is 48.8 Å². The van der Waals surface area contributed by atoms with Crippen molar-refractivity contribution in [1.29, 1.82) is 0 Å². The van der Waals surface area contributed by atoms with Crippen LogP contribution in [0.15, 0.2) is 212 Å². The first-order valence-corrected chi connectivity index (χ1v) is 24.8. The van der Waals surface area contributed by atoms with Gasteiger partial charge in [-0.3, -0.25) is 0 Å². The molecule has 11 nitrogen and oxygen atoms in total. The van der Waals surface area contributed by atoms with Crippen LogP contribution in [0.25, 0.3) is 0 Å². The Morgan fingerprint density at radius 2 is 0.583 bits per heavy atom. The van der Waals surface area contributed by atoms with Crippen LogP contribution < -0.4 is 0 Å². The van der Waals surface area contributed by atoms with Gasteiger partial charge < -0.3 is 52.5 Å². The van der Waals surface area contributed by atoms with E-state index in [2.05, 4.69) is 0 Å². The second kappa shape index (κ2) is 27.2. The Hall–Kier alpha value is -5.90. The van der Waals surface area contributed by atoms with Crippen molar-refractivity contribution in [2.24, 2.45) is 0 Å². The Labute approximate surface area is 423 Å². The van der Waals surface area contributed by atoms with Gasteiger partial charge in [0.05, 0.1) is 59.5 Å². The van der Waals surface area contributed by atoms with E-state index in [1.807, 2.05) is 212 Å². The first kappa shape index (κ1) is 51.0. The first-order chi connectivity index (χ1) is 35.6. The first-order valence-electron chi connectivity index (χ1n) is 24.8. The van der Waals surface area contributed by atoms with Crippen LogP contribution >= 0.6 is 0 Å². The molecular formula is C61H64O11. The van der Waals surface area contributed by atoms with Crippen molar-refractivity contribution < 1.29 is 52.5 Å². The highest BCUT2D eigenvalue weighted by atomic mass is 16.8. The van der Waals surface area contributed by atoms with Crippen LogP contribution in [0.1, 0.15) is 38.9 Å². The summed E-state index contributed by atoms with van der Waals surface area (Å²) in [6, 6.07) is 69.5. The van der Waals surface area contributed by atoms with Gasteiger partial charge in [0, 0.05) is 0 Å². The van der Waals surface area contributed by atoms with Crippen molar-refractivity contribution in [3.8, 4) is 0 Å². The Kier molecular flexibility index (Phi) is 19.3. The smallest absolute Gasteiger partial charge is 0.187 e. The normalized spacial score (nSPS) is 24.2. The van der Waals surface area contributed by atoms with Gasteiger partial charge in [0.25, 0.3) is 0 Å². The van der Waals surface area contributed by atoms with Crippen LogP contribution in [0.4, 0.5) is 0 Å². The minimum Gasteiger partial charge on any atom is -0.387 e. The van der Waals surface area contributed by atoms with E-state index in [4.69, 9.17) is 47.4 Å². The molecule has 0 bridgehead atoms. The quantitative estimate of drug-likeness (QED) is 0.0591. The molecule has 11 heteroatoms. The van der Waals surface area contributed by atoms with Crippen molar-refractivity contribution in [1.82, 2.24) is 0 Å². The lowest BCUT2D eigenvalue weighted by atomic mass is 9.96. The molecule has 0 spiro atoms. The standard InChI is InChI=1S/C61H64O11/c62-54-52(43-63-36-45-22-8-1-9-23-45)70-61(58(67-40-49-30-16-5-17-31-49)56(54)65-38-47-26-12-3-13-27-47)72-55-53(44-64-37-46-24-10-2-11-25-46)71-60(69-42-51-34-20-7-21-35-51)59(68-41-50-32-18-6-19-33-50)57(55)66-39-48-28-14-4-15-29-48/h1-35,52-62H,36-44H2. The molecular weight excluding hydrogens is 909 g/mol. The third-order valence-corrected chi connectivity index (χ3v) is 12.7. The summed E-state index contributed by atoms with van der Waals surface area (Å²) in [4.78, 5) is 0. The van der Waals surface area contributed by atoms with Crippen molar-refractivity contribution in [3.63, 3.8) is 0 Å². The van der Waals surface area contributed by atoms with E-state index in [0.717, 1.165) is 38.9 Å². The Bertz CT molecular complexity index is 2550. The van der Waals surface area contributed by atoms with E-state index in [9.17, 15) is 5.11 Å². The Morgan fingerprint density at radius 3 is 0.972 bits per heavy atom. The summed E-state index contributed by atoms with van der Waals surface area (Å²) in [6.07, 6.45) is -9.47. The fourth-order valence-corrected chi connectivity index (χ4v) is 8.89. The molecule has 7 aromatic rings. The lowest BCUT2D eigenvalue weighted by molar-refractivity contribution is -0.376. The average Bonchev–Trinajstić information content (AvgIpc) is 3.44. The molecule has 2 fully saturated rings. The molecule has 7 aromatic carbocycles. The van der Waals surface area contributed by atoms with Crippen LogP contribution in [-0.2, 0) is 93.6 Å². The van der Waals surface area contributed by atoms with E-state index >= 15 is 0 Å². The van der Waals surface area contributed by atoms with Crippen molar-refractivity contribution in [2.45, 2.75) is 108 Å². The molecule has 0 amide bonds. The highest BCUT2D eigenvalue weighted by molar-refractivity contribution is 5.19. The van der Waals surface area contributed by atoms with Crippen LogP contribution in [-0.4, -0.2) is 79.7 Å². The third-order valence-electron chi connectivity index (χ3n) is 12.7. The fraction of sp³-hybridized carbons (Fsp3) is 0.311. The molecule has 2 saturated heterocycles. The monoisotopic (exact) mass is 972 g/mol. The molecule has 10 unspecified atom stereocenters. The van der Waals surface area contributed by atoms with Crippen molar-refractivity contribution >= 4 is 0 Å². The Balaban J connectivity index is 1.09. The van der Waals surface area contributed by atoms with Gasteiger partial charge >= 0.3 is 0 Å². The predicted molar refractivity (Wildman–Crippen MR) is 272 cm³/mol. The molecule has 72 heavy (non-hydrogen) atoms. The fourth-order valence-electron chi connectivity index (χ4n) is 8.89. The number of aliphatic hydroxyl groups excluding tert-OH is 1. The van der Waals surface area contributed by atoms with Crippen LogP contribution in [0, 0.1) is 0 Å². The maximum absolute atomic E-state index is 12.4. The molecule has 9 rings (SSSR count). The van der Waals surface area contributed by atoms with E-state index in [1.54, 1.807) is 0 Å². The van der Waals surface area contributed by atoms with Gasteiger partial charge in [-0.25, -0.2) is 0 Å². The largest absolute Gasteiger partial charge is 0.387 e. The second-order valence-electron chi connectivity index (χ2n) is 18.0. The lowest BCUT2D eigenvalue weighted by Crippen LogP contribution is -2.66. The summed E-state index contributed by atoms with van der Waals surface area (Å²) in [5, 5.41) is 12.4. The molecule has 2 heterocycles. The number of aliphatic hydroxyl groups is 1. The summed E-state index contributed by atoms with van der Waals surface area (Å²) >= 11 is 0. The summed E-state index contributed by atoms with van der Waals surface area (Å²) in [7, 11) is 0.